The summed E-state index contributed by atoms with van der Waals surface area (Å²) < 4.78 is 5.42. The van der Waals surface area contributed by atoms with E-state index in [4.69, 9.17) is 3.79 Å². The first-order valence-electron chi connectivity index (χ1n) is 9.87. The van der Waals surface area contributed by atoms with Crippen molar-refractivity contribution in [1.29, 1.82) is 0 Å². The number of hydrogen-bond acceptors (Lipinski definition) is 1. The molecule has 1 aliphatic heterocycles. The summed E-state index contributed by atoms with van der Waals surface area (Å²) in [6, 6.07) is 18.0. The van der Waals surface area contributed by atoms with Crippen LogP contribution in [0.3, 0.4) is 0 Å². The molecule has 1 nitrogen and oxygen atoms in total. The quantitative estimate of drug-likeness (QED) is 0.352. The number of rotatable bonds is 0. The van der Waals surface area contributed by atoms with Crippen LogP contribution < -0.4 is 0 Å². The van der Waals surface area contributed by atoms with Crippen molar-refractivity contribution < 1.29 is 3.79 Å². The van der Waals surface area contributed by atoms with E-state index in [-0.39, 0.29) is 17.4 Å². The number of fused-ring (bicyclic) bond motifs is 5. The molecular formula is C23H27Al2O. The molecule has 3 heteroatoms. The molecule has 0 bridgehead atoms. The Morgan fingerprint density at radius 3 is 2.35 bits per heavy atom. The fraction of sp³-hybridized carbons (Fsp3) is 0.391. The zero-order valence-electron chi connectivity index (χ0n) is 15.8. The molecule has 3 aromatic rings. The Morgan fingerprint density at radius 2 is 1.58 bits per heavy atom. The van der Waals surface area contributed by atoms with Crippen molar-refractivity contribution in [2.24, 2.45) is 0 Å². The highest BCUT2D eigenvalue weighted by atomic mass is 27.2. The van der Waals surface area contributed by atoms with Gasteiger partial charge in [0.25, 0.3) is 0 Å². The van der Waals surface area contributed by atoms with Crippen molar-refractivity contribution >= 4 is 53.4 Å². The van der Waals surface area contributed by atoms with Gasteiger partial charge in [0.1, 0.15) is 0 Å². The van der Waals surface area contributed by atoms with E-state index in [0.29, 0.717) is 0 Å². The molecular weight excluding hydrogens is 346 g/mol. The summed E-state index contributed by atoms with van der Waals surface area (Å²) in [7, 11) is 0. The van der Waals surface area contributed by atoms with Crippen molar-refractivity contribution in [1.82, 2.24) is 0 Å². The summed E-state index contributed by atoms with van der Waals surface area (Å²) in [6.07, 6.45) is 7.94. The lowest BCUT2D eigenvalue weighted by Crippen LogP contribution is -2.18. The third-order valence-electron chi connectivity index (χ3n) is 5.66. The molecule has 2 aliphatic rings. The van der Waals surface area contributed by atoms with Crippen LogP contribution in [0.25, 0.3) is 21.5 Å². The maximum Gasteiger partial charge on any atom is 0.457 e. The predicted molar refractivity (Wildman–Crippen MR) is 115 cm³/mol. The average molecular weight is 373 g/mol. The molecule has 1 aliphatic carbocycles. The Balaban J connectivity index is 0.000000210. The Morgan fingerprint density at radius 1 is 0.769 bits per heavy atom. The molecule has 1 fully saturated rings. The van der Waals surface area contributed by atoms with Crippen LogP contribution in [0.1, 0.15) is 36.8 Å². The molecule has 0 saturated carbocycles. The summed E-state index contributed by atoms with van der Waals surface area (Å²) >= 11 is -0.595. The van der Waals surface area contributed by atoms with Crippen LogP contribution in [0.5, 0.6) is 0 Å². The Kier molecular flexibility index (Phi) is 7.23. The van der Waals surface area contributed by atoms with Gasteiger partial charge in [0, 0.05) is 24.0 Å². The molecule has 0 unspecified atom stereocenters. The van der Waals surface area contributed by atoms with Crippen LogP contribution in [0.15, 0.2) is 48.5 Å². The molecule has 5 rings (SSSR count). The Labute approximate surface area is 172 Å². The van der Waals surface area contributed by atoms with Gasteiger partial charge in [-0.2, -0.15) is 0 Å². The third kappa shape index (κ3) is 4.36. The van der Waals surface area contributed by atoms with Crippen LogP contribution in [0, 0.1) is 0 Å². The van der Waals surface area contributed by atoms with Gasteiger partial charge in [-0.25, -0.2) is 0 Å². The molecule has 0 amide bonds. The topological polar surface area (TPSA) is 9.23 Å². The maximum absolute atomic E-state index is 5.42. The SMILES string of the molecule is [Al].[CH3][Al]1[CH2]CCC[O]1.c1ccc2c(c1)ccc1c3c(ccc12)CCCC3. The normalized spacial score (nSPS) is 16.4. The highest BCUT2D eigenvalue weighted by Crippen LogP contribution is 2.33. The highest BCUT2D eigenvalue weighted by Gasteiger charge is 2.15. The van der Waals surface area contributed by atoms with E-state index in [1.54, 1.807) is 11.1 Å². The average Bonchev–Trinajstić information content (AvgIpc) is 2.68. The van der Waals surface area contributed by atoms with Crippen LogP contribution in [0.4, 0.5) is 0 Å². The molecule has 3 aromatic carbocycles. The third-order valence-corrected chi connectivity index (χ3v) is 7.69. The fourth-order valence-corrected chi connectivity index (χ4v) is 5.84. The van der Waals surface area contributed by atoms with E-state index >= 15 is 0 Å². The molecule has 131 valence electrons. The van der Waals surface area contributed by atoms with Gasteiger partial charge in [0.2, 0.25) is 0 Å². The van der Waals surface area contributed by atoms with Gasteiger partial charge < -0.3 is 3.79 Å². The van der Waals surface area contributed by atoms with Gasteiger partial charge >= 0.3 is 14.5 Å². The Hall–Kier alpha value is -0.795. The van der Waals surface area contributed by atoms with Gasteiger partial charge in [-0.15, -0.1) is 0 Å². The molecule has 1 saturated heterocycles. The van der Waals surface area contributed by atoms with Crippen molar-refractivity contribution in [2.75, 3.05) is 6.61 Å². The van der Waals surface area contributed by atoms with Crippen LogP contribution >= 0.6 is 0 Å². The molecule has 0 spiro atoms. The minimum atomic E-state index is -0.595. The van der Waals surface area contributed by atoms with Crippen LogP contribution in [-0.2, 0) is 16.6 Å². The minimum Gasteiger partial charge on any atom is -0.501 e. The zero-order valence-corrected chi connectivity index (χ0v) is 18.1. The standard InChI is InChI=1S/C18H16.C4H8O.CH3.2Al/c1-3-7-15-13(5-1)9-11-18-16-8-4-2-6-14(16)10-12-17(15)18;1-2-3-4-5;;;/h1,3,5,7,9-12H,2,4,6,8H2;1-4H2;1H3;;/q;-1;;;+1. The van der Waals surface area contributed by atoms with Crippen LogP contribution in [-0.4, -0.2) is 38.5 Å². The molecule has 0 N–H and O–H groups in total. The van der Waals surface area contributed by atoms with E-state index in [0.717, 1.165) is 6.61 Å². The maximum atomic E-state index is 5.42. The van der Waals surface area contributed by atoms with Gasteiger partial charge in [-0.3, -0.25) is 0 Å². The fourth-order valence-electron chi connectivity index (χ4n) is 4.24. The van der Waals surface area contributed by atoms with Gasteiger partial charge in [-0.1, -0.05) is 66.0 Å². The molecule has 1 heterocycles. The lowest BCUT2D eigenvalue weighted by molar-refractivity contribution is 0.291. The van der Waals surface area contributed by atoms with E-state index in [1.807, 2.05) is 0 Å². The summed E-state index contributed by atoms with van der Waals surface area (Å²) in [6.45, 7) is 1.05. The first-order valence-corrected chi connectivity index (χ1v) is 12.3. The number of benzene rings is 3. The first-order chi connectivity index (χ1) is 12.3. The second kappa shape index (κ2) is 9.42. The van der Waals surface area contributed by atoms with E-state index in [9.17, 15) is 0 Å². The number of aryl methyl sites for hydroxylation is 2. The monoisotopic (exact) mass is 373 g/mol. The molecule has 0 aromatic heterocycles. The van der Waals surface area contributed by atoms with Crippen molar-refractivity contribution in [2.45, 2.75) is 49.6 Å². The van der Waals surface area contributed by atoms with Gasteiger partial charge in [-0.05, 0) is 64.8 Å². The van der Waals surface area contributed by atoms with Crippen LogP contribution in [0.2, 0.25) is 11.1 Å². The number of hydrogen-bond donors (Lipinski definition) is 0. The van der Waals surface area contributed by atoms with E-state index in [2.05, 4.69) is 54.3 Å². The van der Waals surface area contributed by atoms with Gasteiger partial charge in [0.05, 0.1) is 0 Å². The lowest BCUT2D eigenvalue weighted by Gasteiger charge is -2.18. The predicted octanol–water partition coefficient (Wildman–Crippen LogP) is 5.91. The largest absolute Gasteiger partial charge is 0.501 e. The summed E-state index contributed by atoms with van der Waals surface area (Å²) in [5, 5.41) is 7.05. The van der Waals surface area contributed by atoms with Crippen molar-refractivity contribution in [3.63, 3.8) is 0 Å². The van der Waals surface area contributed by atoms with E-state index in [1.165, 1.54) is 65.4 Å². The summed E-state index contributed by atoms with van der Waals surface area (Å²) in [5.41, 5.74) is 3.17. The van der Waals surface area contributed by atoms with E-state index < -0.39 is 14.5 Å². The zero-order chi connectivity index (χ0) is 17.1. The second-order valence-corrected chi connectivity index (χ2v) is 10.0. The molecule has 26 heavy (non-hydrogen) atoms. The highest BCUT2D eigenvalue weighted by molar-refractivity contribution is 6.50. The smallest absolute Gasteiger partial charge is 0.457 e. The van der Waals surface area contributed by atoms with Crippen molar-refractivity contribution in [3.05, 3.63) is 59.7 Å². The lowest BCUT2D eigenvalue weighted by atomic mass is 9.86. The van der Waals surface area contributed by atoms with Crippen molar-refractivity contribution in [3.8, 4) is 0 Å². The summed E-state index contributed by atoms with van der Waals surface area (Å²) in [5.74, 6) is 2.28. The first kappa shape index (κ1) is 20.0. The molecule has 0 atom stereocenters. The second-order valence-electron chi connectivity index (χ2n) is 7.47. The van der Waals surface area contributed by atoms with Gasteiger partial charge in [0.15, 0.2) is 0 Å². The summed E-state index contributed by atoms with van der Waals surface area (Å²) in [4.78, 5) is 0. The molecule has 3 radical (unpaired) electrons. The Bertz CT molecular complexity index is 869. The minimum absolute atomic E-state index is 0.